The molecule has 0 bridgehead atoms. The van der Waals surface area contributed by atoms with E-state index in [1.165, 1.54) is 0 Å². The van der Waals surface area contributed by atoms with Crippen LogP contribution in [0.1, 0.15) is 38.9 Å². The molecule has 0 unspecified atom stereocenters. The zero-order chi connectivity index (χ0) is 38.9. The molecule has 1 atom stereocenters. The molecule has 1 saturated heterocycles. The number of amides is 4. The summed E-state index contributed by atoms with van der Waals surface area (Å²) in [5.74, 6) is 0.668. The van der Waals surface area contributed by atoms with Gasteiger partial charge < -0.3 is 40.0 Å². The minimum atomic E-state index is -0.414. The van der Waals surface area contributed by atoms with E-state index in [-0.39, 0.29) is 23.6 Å². The lowest BCUT2D eigenvalue weighted by Crippen LogP contribution is -2.48. The second kappa shape index (κ2) is 16.1. The molecule has 1 fully saturated rings. The Morgan fingerprint density at radius 1 is 0.839 bits per heavy atom. The number of H-pyrrole nitrogens is 2. The normalized spacial score (nSPS) is 15.7. The monoisotopic (exact) mass is 809 g/mol. The van der Waals surface area contributed by atoms with Crippen molar-refractivity contribution in [3.8, 4) is 5.75 Å². The Hall–Kier alpha value is -5.15. The molecule has 12 nitrogen and oxygen atoms in total. The number of hydrogen-bond donors (Lipinski definition) is 4. The number of likely N-dealkylation sites (N-methyl/N-ethyl adjacent to an activating group) is 1. The zero-order valence-electron chi connectivity index (χ0n) is 30.8. The van der Waals surface area contributed by atoms with Crippen LogP contribution < -0.4 is 20.3 Å². The first-order valence-electron chi connectivity index (χ1n) is 18.3. The van der Waals surface area contributed by atoms with Crippen LogP contribution in [0.25, 0.3) is 32.6 Å². The highest BCUT2D eigenvalue weighted by atomic mass is 35.5. The van der Waals surface area contributed by atoms with E-state index in [9.17, 15) is 19.2 Å². The van der Waals surface area contributed by atoms with Crippen LogP contribution >= 0.6 is 33.2 Å². The molecule has 56 heavy (non-hydrogen) atoms. The van der Waals surface area contributed by atoms with E-state index in [1.54, 1.807) is 61.7 Å². The highest BCUT2D eigenvalue weighted by molar-refractivity contribution is 8.76. The second-order valence-corrected chi connectivity index (χ2v) is 17.0. The molecule has 2 aromatic heterocycles. The average molecular weight is 810 g/mol. The third kappa shape index (κ3) is 7.66. The summed E-state index contributed by atoms with van der Waals surface area (Å²) in [5, 5.41) is 9.10. The van der Waals surface area contributed by atoms with Gasteiger partial charge in [-0.05, 0) is 72.8 Å². The van der Waals surface area contributed by atoms with E-state index in [1.807, 2.05) is 61.8 Å². The minimum Gasteiger partial charge on any atom is -0.409 e. The Morgan fingerprint density at radius 2 is 1.50 bits per heavy atom. The second-order valence-electron chi connectivity index (χ2n) is 14.0. The fraction of sp³-hybridized carbons (Fsp3) is 0.268. The third-order valence-electron chi connectivity index (χ3n) is 10.3. The maximum atomic E-state index is 14.3. The van der Waals surface area contributed by atoms with Crippen LogP contribution in [0.4, 0.5) is 21.9 Å². The molecule has 0 radical (unpaired) electrons. The number of nitrogens with zero attached hydrogens (tertiary/aromatic N) is 3. The number of rotatable bonds is 10. The number of aromatic nitrogens is 2. The summed E-state index contributed by atoms with van der Waals surface area (Å²) in [6.07, 6.45) is 1.98. The van der Waals surface area contributed by atoms with Gasteiger partial charge in [0.15, 0.2) is 0 Å². The molecule has 2 aliphatic rings. The first-order chi connectivity index (χ1) is 27.2. The van der Waals surface area contributed by atoms with Gasteiger partial charge in [0, 0.05) is 101 Å². The number of ether oxygens (including phenoxy) is 1. The smallest absolute Gasteiger partial charge is 0.409 e. The summed E-state index contributed by atoms with van der Waals surface area (Å²) >= 11 is 6.53. The zero-order valence-corrected chi connectivity index (χ0v) is 33.2. The molecule has 288 valence electrons. The van der Waals surface area contributed by atoms with E-state index >= 15 is 0 Å². The Kier molecular flexibility index (Phi) is 10.9. The number of benzene rings is 4. The van der Waals surface area contributed by atoms with Crippen LogP contribution in [0.3, 0.4) is 0 Å². The third-order valence-corrected chi connectivity index (χ3v) is 12.5. The Morgan fingerprint density at radius 3 is 2.20 bits per heavy atom. The number of anilines is 3. The van der Waals surface area contributed by atoms with Crippen molar-refractivity contribution in [3.05, 3.63) is 95.8 Å². The molecular weight excluding hydrogens is 770 g/mol. The van der Waals surface area contributed by atoms with Gasteiger partial charge in [0.1, 0.15) is 17.1 Å². The number of piperazine rings is 1. The fourth-order valence-corrected chi connectivity index (χ4v) is 8.84. The standard InChI is InChI=1S/C41H40ClN7O5S2/c1-47-12-14-48(15-13-47)41(53)54-36-21-35-38(30-6-4-3-5-29(30)36)26(22-42)23-49(35)40(52)34-20-25-18-28(8-10-32(25)46-34)44-39(51)33-19-24-17-27(7-9-31(24)45-33)43-37(50)11-16-56-55-2/h3-10,17-21,26,45-46H,11-16,22-23H2,1-2H3,(H,43,50)(H,44,51)/t26-/m1/s1. The van der Waals surface area contributed by atoms with E-state index in [4.69, 9.17) is 16.3 Å². The van der Waals surface area contributed by atoms with Crippen molar-refractivity contribution >= 4 is 107 Å². The van der Waals surface area contributed by atoms with Gasteiger partial charge in [0.2, 0.25) is 5.91 Å². The number of alkyl halides is 1. The van der Waals surface area contributed by atoms with Crippen LogP contribution in [-0.2, 0) is 4.79 Å². The van der Waals surface area contributed by atoms with Crippen molar-refractivity contribution in [2.45, 2.75) is 12.3 Å². The molecule has 8 rings (SSSR count). The number of nitrogens with one attached hydrogen (secondary N) is 4. The molecule has 0 spiro atoms. The van der Waals surface area contributed by atoms with E-state index in [0.29, 0.717) is 66.1 Å². The molecule has 4 heterocycles. The van der Waals surface area contributed by atoms with Gasteiger partial charge in [0.05, 0.1) is 5.69 Å². The maximum Gasteiger partial charge on any atom is 0.415 e. The van der Waals surface area contributed by atoms with Gasteiger partial charge in [-0.25, -0.2) is 4.79 Å². The molecule has 15 heteroatoms. The molecule has 4 aromatic carbocycles. The van der Waals surface area contributed by atoms with Crippen molar-refractivity contribution < 1.29 is 23.9 Å². The summed E-state index contributed by atoms with van der Waals surface area (Å²) in [4.78, 5) is 65.3. The quantitative estimate of drug-likeness (QED) is 0.0618. The SMILES string of the molecule is CSSCCC(=O)Nc1ccc2[nH]c(C(=O)Nc3ccc4[nH]c(C(=O)N5C[C@@H](CCl)c6c5cc(OC(=O)N5CCN(C)CC5)c5ccccc65)cc4c3)cc2c1. The summed E-state index contributed by atoms with van der Waals surface area (Å²) < 4.78 is 6.04. The van der Waals surface area contributed by atoms with Gasteiger partial charge in [-0.15, -0.1) is 11.6 Å². The minimum absolute atomic E-state index is 0.0590. The number of carbonyl (C=O) groups is 4. The first-order valence-corrected chi connectivity index (χ1v) is 21.6. The van der Waals surface area contributed by atoms with Gasteiger partial charge >= 0.3 is 6.09 Å². The van der Waals surface area contributed by atoms with E-state index in [0.717, 1.165) is 57.0 Å². The predicted molar refractivity (Wildman–Crippen MR) is 228 cm³/mol. The number of carbonyl (C=O) groups excluding carboxylic acids is 4. The van der Waals surface area contributed by atoms with Crippen molar-refractivity contribution in [1.82, 2.24) is 19.8 Å². The average Bonchev–Trinajstić information content (AvgIpc) is 3.93. The van der Waals surface area contributed by atoms with Crippen LogP contribution in [0.15, 0.2) is 78.9 Å². The highest BCUT2D eigenvalue weighted by Crippen LogP contribution is 2.46. The topological polar surface area (TPSA) is 143 Å². The lowest BCUT2D eigenvalue weighted by Gasteiger charge is -2.31. The van der Waals surface area contributed by atoms with Crippen LogP contribution in [0, 0.1) is 0 Å². The molecular formula is C41H40ClN7O5S2. The van der Waals surface area contributed by atoms with Gasteiger partial charge in [0.25, 0.3) is 11.8 Å². The molecule has 4 amide bonds. The number of hydrogen-bond acceptors (Lipinski definition) is 8. The number of halogens is 1. The van der Waals surface area contributed by atoms with Gasteiger partial charge in [-0.3, -0.25) is 14.4 Å². The molecule has 6 aromatic rings. The van der Waals surface area contributed by atoms with Crippen molar-refractivity contribution in [2.24, 2.45) is 0 Å². The highest BCUT2D eigenvalue weighted by Gasteiger charge is 2.36. The molecule has 0 saturated carbocycles. The summed E-state index contributed by atoms with van der Waals surface area (Å²) in [7, 11) is 5.30. The predicted octanol–water partition coefficient (Wildman–Crippen LogP) is 8.12. The number of fused-ring (bicyclic) bond motifs is 5. The van der Waals surface area contributed by atoms with E-state index in [2.05, 4.69) is 25.5 Å². The maximum absolute atomic E-state index is 14.3. The summed E-state index contributed by atoms with van der Waals surface area (Å²) in [5.41, 5.74) is 5.06. The Bertz CT molecular complexity index is 2500. The van der Waals surface area contributed by atoms with Crippen molar-refractivity contribution in [1.29, 1.82) is 0 Å². The fourth-order valence-electron chi connectivity index (χ4n) is 7.41. The first kappa shape index (κ1) is 37.8. The van der Waals surface area contributed by atoms with Gasteiger partial charge in [-0.1, -0.05) is 45.9 Å². The van der Waals surface area contributed by atoms with Crippen LogP contribution in [0.2, 0.25) is 0 Å². The lowest BCUT2D eigenvalue weighted by atomic mass is 9.95. The van der Waals surface area contributed by atoms with E-state index < -0.39 is 6.09 Å². The largest absolute Gasteiger partial charge is 0.415 e. The van der Waals surface area contributed by atoms with Gasteiger partial charge in [-0.2, -0.15) is 0 Å². The molecule has 4 N–H and O–H groups in total. The van der Waals surface area contributed by atoms with Crippen LogP contribution in [0.5, 0.6) is 5.75 Å². The Labute approximate surface area is 336 Å². The van der Waals surface area contributed by atoms with Crippen LogP contribution in [-0.4, -0.2) is 101 Å². The van der Waals surface area contributed by atoms with Crippen molar-refractivity contribution in [3.63, 3.8) is 0 Å². The lowest BCUT2D eigenvalue weighted by molar-refractivity contribution is -0.115. The summed E-state index contributed by atoms with van der Waals surface area (Å²) in [6.45, 7) is 3.05. The van der Waals surface area contributed by atoms with Crippen molar-refractivity contribution in [2.75, 3.05) is 73.2 Å². The molecule has 2 aliphatic heterocycles. The molecule has 0 aliphatic carbocycles. The number of aromatic amines is 2. The Balaban J connectivity index is 1.01. The summed E-state index contributed by atoms with van der Waals surface area (Å²) in [6, 6.07) is 24.0.